The van der Waals surface area contributed by atoms with Crippen LogP contribution < -0.4 is 0 Å². The van der Waals surface area contributed by atoms with Gasteiger partial charge in [-0.2, -0.15) is 5.26 Å². The molecule has 1 aromatic carbocycles. The van der Waals surface area contributed by atoms with E-state index in [1.54, 1.807) is 13.0 Å². The second kappa shape index (κ2) is 5.98. The van der Waals surface area contributed by atoms with Crippen LogP contribution in [-0.4, -0.2) is 17.5 Å². The largest absolute Gasteiger partial charge is 0.462 e. The number of alkyl halides is 1. The van der Waals surface area contributed by atoms with Crippen molar-refractivity contribution in [3.05, 3.63) is 38.9 Å². The predicted octanol–water partition coefficient (Wildman–Crippen LogP) is 2.38. The molecule has 0 saturated carbocycles. The Morgan fingerprint density at radius 3 is 2.72 bits per heavy atom. The van der Waals surface area contributed by atoms with Crippen LogP contribution in [-0.2, 0) is 10.6 Å². The van der Waals surface area contributed by atoms with Crippen molar-refractivity contribution in [2.75, 3.05) is 6.61 Å². The van der Waals surface area contributed by atoms with Gasteiger partial charge in [-0.15, -0.1) is 11.6 Å². The van der Waals surface area contributed by atoms with Gasteiger partial charge in [0.2, 0.25) is 0 Å². The Hall–Kier alpha value is -2.13. The van der Waals surface area contributed by atoms with E-state index < -0.39 is 10.9 Å². The Bertz CT molecular complexity index is 537. The first-order valence-electron chi connectivity index (χ1n) is 5.00. The maximum atomic E-state index is 11.6. The average molecular weight is 269 g/mol. The van der Waals surface area contributed by atoms with Crippen LogP contribution in [0.4, 0.5) is 5.69 Å². The summed E-state index contributed by atoms with van der Waals surface area (Å²) in [5, 5.41) is 19.8. The number of esters is 1. The Balaban J connectivity index is 3.45. The molecule has 0 aliphatic heterocycles. The van der Waals surface area contributed by atoms with Crippen LogP contribution in [0.5, 0.6) is 0 Å². The molecule has 94 valence electrons. The van der Waals surface area contributed by atoms with E-state index in [0.29, 0.717) is 0 Å². The zero-order valence-corrected chi connectivity index (χ0v) is 10.2. The second-order valence-electron chi connectivity index (χ2n) is 3.21. The molecule has 18 heavy (non-hydrogen) atoms. The van der Waals surface area contributed by atoms with Gasteiger partial charge in [0.05, 0.1) is 34.1 Å². The third-order valence-corrected chi connectivity index (χ3v) is 2.49. The number of benzene rings is 1. The topological polar surface area (TPSA) is 93.2 Å². The number of halogens is 1. The molecule has 0 radical (unpaired) electrons. The Morgan fingerprint density at radius 1 is 1.61 bits per heavy atom. The van der Waals surface area contributed by atoms with E-state index in [-0.39, 0.29) is 34.9 Å². The lowest BCUT2D eigenvalue weighted by Crippen LogP contribution is -2.09. The molecule has 0 saturated heterocycles. The molecule has 0 unspecified atom stereocenters. The lowest BCUT2D eigenvalue weighted by molar-refractivity contribution is -0.385. The van der Waals surface area contributed by atoms with Gasteiger partial charge in [-0.25, -0.2) is 4.79 Å². The summed E-state index contributed by atoms with van der Waals surface area (Å²) < 4.78 is 4.77. The fourth-order valence-electron chi connectivity index (χ4n) is 1.45. The minimum absolute atomic E-state index is 0.0133. The van der Waals surface area contributed by atoms with Crippen molar-refractivity contribution in [1.29, 1.82) is 5.26 Å². The van der Waals surface area contributed by atoms with Gasteiger partial charge in [-0.3, -0.25) is 10.1 Å². The molecule has 0 aliphatic rings. The molecular formula is C11H9ClN2O4. The number of ether oxygens (including phenoxy) is 1. The molecule has 7 heteroatoms. The smallest absolute Gasteiger partial charge is 0.339 e. The van der Waals surface area contributed by atoms with Gasteiger partial charge in [0.15, 0.2) is 0 Å². The van der Waals surface area contributed by atoms with E-state index >= 15 is 0 Å². The standard InChI is InChI=1S/C11H9ClN2O4/c1-2-18-11(15)7-3-4-10(14(16)17)8(5-12)9(7)6-13/h3-4H,2,5H2,1H3. The quantitative estimate of drug-likeness (QED) is 0.362. The first-order chi connectivity index (χ1) is 8.56. The number of hydrogen-bond donors (Lipinski definition) is 0. The summed E-state index contributed by atoms with van der Waals surface area (Å²) in [4.78, 5) is 21.7. The first kappa shape index (κ1) is 13.9. The molecular weight excluding hydrogens is 260 g/mol. The maximum absolute atomic E-state index is 11.6. The lowest BCUT2D eigenvalue weighted by atomic mass is 10.0. The van der Waals surface area contributed by atoms with Crippen LogP contribution >= 0.6 is 11.6 Å². The van der Waals surface area contributed by atoms with E-state index in [0.717, 1.165) is 6.07 Å². The molecule has 0 aromatic heterocycles. The van der Waals surface area contributed by atoms with Crippen molar-refractivity contribution >= 4 is 23.3 Å². The van der Waals surface area contributed by atoms with Gasteiger partial charge in [-0.05, 0) is 13.0 Å². The predicted molar refractivity (Wildman–Crippen MR) is 63.3 cm³/mol. The average Bonchev–Trinajstić information content (AvgIpc) is 2.36. The lowest BCUT2D eigenvalue weighted by Gasteiger charge is -2.07. The fourth-order valence-corrected chi connectivity index (χ4v) is 1.72. The molecule has 1 aromatic rings. The Morgan fingerprint density at radius 2 is 2.28 bits per heavy atom. The van der Waals surface area contributed by atoms with E-state index in [9.17, 15) is 14.9 Å². The number of nitrogens with zero attached hydrogens (tertiary/aromatic N) is 2. The fraction of sp³-hybridized carbons (Fsp3) is 0.273. The van der Waals surface area contributed by atoms with E-state index in [4.69, 9.17) is 21.6 Å². The molecule has 0 spiro atoms. The van der Waals surface area contributed by atoms with Gasteiger partial charge in [0, 0.05) is 6.07 Å². The normalized spacial score (nSPS) is 9.61. The summed E-state index contributed by atoms with van der Waals surface area (Å²) in [6.45, 7) is 1.77. The van der Waals surface area contributed by atoms with Crippen LogP contribution in [0, 0.1) is 21.4 Å². The van der Waals surface area contributed by atoms with E-state index in [1.807, 2.05) is 0 Å². The van der Waals surface area contributed by atoms with Gasteiger partial charge in [0.25, 0.3) is 5.69 Å². The molecule has 0 aliphatic carbocycles. The Labute approximate surface area is 108 Å². The number of hydrogen-bond acceptors (Lipinski definition) is 5. The highest BCUT2D eigenvalue weighted by atomic mass is 35.5. The van der Waals surface area contributed by atoms with Crippen molar-refractivity contribution < 1.29 is 14.5 Å². The second-order valence-corrected chi connectivity index (χ2v) is 3.48. The van der Waals surface area contributed by atoms with Gasteiger partial charge >= 0.3 is 5.97 Å². The van der Waals surface area contributed by atoms with Crippen molar-refractivity contribution in [3.63, 3.8) is 0 Å². The first-order valence-corrected chi connectivity index (χ1v) is 5.53. The highest BCUT2D eigenvalue weighted by molar-refractivity contribution is 6.17. The number of rotatable bonds is 4. The third-order valence-electron chi connectivity index (χ3n) is 2.23. The number of nitriles is 1. The summed E-state index contributed by atoms with van der Waals surface area (Å²) in [6, 6.07) is 4.10. The van der Waals surface area contributed by atoms with Crippen LogP contribution in [0.15, 0.2) is 12.1 Å². The van der Waals surface area contributed by atoms with Crippen molar-refractivity contribution in [1.82, 2.24) is 0 Å². The van der Waals surface area contributed by atoms with Crippen LogP contribution in [0.2, 0.25) is 0 Å². The van der Waals surface area contributed by atoms with Gasteiger partial charge in [-0.1, -0.05) is 0 Å². The van der Waals surface area contributed by atoms with Crippen molar-refractivity contribution in [2.45, 2.75) is 12.8 Å². The Kier molecular flexibility index (Phi) is 4.63. The summed E-state index contributed by atoms with van der Waals surface area (Å²) in [7, 11) is 0. The van der Waals surface area contributed by atoms with Crippen LogP contribution in [0.25, 0.3) is 0 Å². The SMILES string of the molecule is CCOC(=O)c1ccc([N+](=O)[O-])c(CCl)c1C#N. The zero-order valence-electron chi connectivity index (χ0n) is 9.47. The molecule has 0 heterocycles. The minimum Gasteiger partial charge on any atom is -0.462 e. The van der Waals surface area contributed by atoms with E-state index in [2.05, 4.69) is 0 Å². The zero-order chi connectivity index (χ0) is 13.7. The molecule has 0 fully saturated rings. The summed E-state index contributed by atoms with van der Waals surface area (Å²) in [6.07, 6.45) is 0. The van der Waals surface area contributed by atoms with Crippen LogP contribution in [0.3, 0.4) is 0 Å². The van der Waals surface area contributed by atoms with Crippen LogP contribution in [0.1, 0.15) is 28.4 Å². The monoisotopic (exact) mass is 268 g/mol. The highest BCUT2D eigenvalue weighted by Gasteiger charge is 2.23. The number of nitro groups is 1. The summed E-state index contributed by atoms with van der Waals surface area (Å²) in [5.41, 5.74) is -0.387. The molecule has 0 amide bonds. The molecule has 1 rings (SSSR count). The van der Waals surface area contributed by atoms with Gasteiger partial charge < -0.3 is 4.74 Å². The summed E-state index contributed by atoms with van der Waals surface area (Å²) in [5.74, 6) is -0.928. The number of carbonyl (C=O) groups is 1. The van der Waals surface area contributed by atoms with Crippen molar-refractivity contribution in [3.8, 4) is 6.07 Å². The molecule has 0 atom stereocenters. The molecule has 0 bridgehead atoms. The van der Waals surface area contributed by atoms with Gasteiger partial charge in [0.1, 0.15) is 6.07 Å². The minimum atomic E-state index is -0.699. The molecule has 0 N–H and O–H groups in total. The maximum Gasteiger partial charge on any atom is 0.339 e. The molecule has 6 nitrogen and oxygen atoms in total. The third kappa shape index (κ3) is 2.57. The van der Waals surface area contributed by atoms with E-state index in [1.165, 1.54) is 6.07 Å². The number of carbonyl (C=O) groups excluding carboxylic acids is 1. The number of nitro benzene ring substituents is 1. The van der Waals surface area contributed by atoms with Crippen molar-refractivity contribution in [2.24, 2.45) is 0 Å². The summed E-state index contributed by atoms with van der Waals surface area (Å²) >= 11 is 5.61. The highest BCUT2D eigenvalue weighted by Crippen LogP contribution is 2.27.